The van der Waals surface area contributed by atoms with Crippen molar-refractivity contribution < 1.29 is 19.0 Å². The Balaban J connectivity index is 1.86. The highest BCUT2D eigenvalue weighted by Gasteiger charge is 2.21. The molecule has 94 valence electrons. The minimum Gasteiger partial charge on any atom is -0.472 e. The molecule has 0 amide bonds. The molecule has 0 bridgehead atoms. The molecule has 2 heterocycles. The van der Waals surface area contributed by atoms with Crippen molar-refractivity contribution in [2.24, 2.45) is 0 Å². The summed E-state index contributed by atoms with van der Waals surface area (Å²) < 4.78 is 15.5. The Kier molecular flexibility index (Phi) is 2.89. The first-order valence-corrected chi connectivity index (χ1v) is 5.90. The maximum absolute atomic E-state index is 10.2. The topological polar surface area (TPSA) is 51.8 Å². The van der Waals surface area contributed by atoms with Crippen LogP contribution in [0.5, 0.6) is 11.5 Å². The number of rotatable bonds is 3. The quantitative estimate of drug-likeness (QED) is 0.928. The Hall–Kier alpha value is -1.65. The highest BCUT2D eigenvalue weighted by molar-refractivity contribution is 6.32. The second-order valence-electron chi connectivity index (χ2n) is 4.09. The van der Waals surface area contributed by atoms with Gasteiger partial charge in [0, 0.05) is 6.42 Å². The van der Waals surface area contributed by atoms with E-state index < -0.39 is 6.10 Å². The summed E-state index contributed by atoms with van der Waals surface area (Å²) in [5.41, 5.74) is 1.63. The molecule has 1 N–H and O–H groups in total. The van der Waals surface area contributed by atoms with Gasteiger partial charge in [0.05, 0.1) is 23.7 Å². The third kappa shape index (κ3) is 2.05. The first kappa shape index (κ1) is 11.4. The molecule has 0 aliphatic carbocycles. The molecule has 3 rings (SSSR count). The molecule has 1 unspecified atom stereocenters. The van der Waals surface area contributed by atoms with E-state index in [1.54, 1.807) is 24.7 Å². The predicted octanol–water partition coefficient (Wildman–Crippen LogP) is 2.94. The Bertz CT molecular complexity index is 550. The van der Waals surface area contributed by atoms with Crippen molar-refractivity contribution in [2.75, 3.05) is 6.79 Å². The van der Waals surface area contributed by atoms with E-state index in [2.05, 4.69) is 0 Å². The van der Waals surface area contributed by atoms with Gasteiger partial charge < -0.3 is 19.0 Å². The summed E-state index contributed by atoms with van der Waals surface area (Å²) in [6, 6.07) is 5.26. The molecule has 0 radical (unpaired) electrons. The van der Waals surface area contributed by atoms with Gasteiger partial charge in [-0.1, -0.05) is 11.6 Å². The summed E-state index contributed by atoms with van der Waals surface area (Å²) in [6.07, 6.45) is 2.99. The van der Waals surface area contributed by atoms with Crippen LogP contribution >= 0.6 is 11.6 Å². The molecular formula is C13H11ClO4. The summed E-state index contributed by atoms with van der Waals surface area (Å²) in [7, 11) is 0. The van der Waals surface area contributed by atoms with Crippen LogP contribution in [0.15, 0.2) is 35.1 Å². The molecule has 5 heteroatoms. The van der Waals surface area contributed by atoms with Gasteiger partial charge in [0.1, 0.15) is 0 Å². The zero-order valence-corrected chi connectivity index (χ0v) is 10.2. The second kappa shape index (κ2) is 4.55. The molecule has 1 aromatic carbocycles. The molecule has 2 aromatic rings. The Labute approximate surface area is 109 Å². The zero-order chi connectivity index (χ0) is 12.5. The van der Waals surface area contributed by atoms with E-state index in [1.165, 1.54) is 0 Å². The molecule has 18 heavy (non-hydrogen) atoms. The minimum atomic E-state index is -0.658. The fourth-order valence-electron chi connectivity index (χ4n) is 1.93. The molecule has 1 aliphatic rings. The zero-order valence-electron chi connectivity index (χ0n) is 9.43. The van der Waals surface area contributed by atoms with Crippen LogP contribution in [-0.4, -0.2) is 11.9 Å². The second-order valence-corrected chi connectivity index (χ2v) is 4.50. The minimum absolute atomic E-state index is 0.163. The van der Waals surface area contributed by atoms with Crippen molar-refractivity contribution in [3.8, 4) is 11.5 Å². The van der Waals surface area contributed by atoms with E-state index in [-0.39, 0.29) is 6.79 Å². The van der Waals surface area contributed by atoms with E-state index in [0.717, 1.165) is 5.56 Å². The fourth-order valence-corrected chi connectivity index (χ4v) is 2.20. The van der Waals surface area contributed by atoms with Gasteiger partial charge in [-0.25, -0.2) is 0 Å². The van der Waals surface area contributed by atoms with Gasteiger partial charge in [0.25, 0.3) is 0 Å². The number of aliphatic hydroxyl groups is 1. The average Bonchev–Trinajstić information content (AvgIpc) is 2.98. The molecule has 1 aliphatic heterocycles. The number of hydrogen-bond donors (Lipinski definition) is 1. The molecule has 1 atom stereocenters. The normalized spacial score (nSPS) is 14.8. The van der Waals surface area contributed by atoms with Gasteiger partial charge in [-0.3, -0.25) is 0 Å². The molecule has 1 aromatic heterocycles. The van der Waals surface area contributed by atoms with Gasteiger partial charge in [0.2, 0.25) is 6.79 Å². The maximum Gasteiger partial charge on any atom is 0.231 e. The highest BCUT2D eigenvalue weighted by Crippen LogP contribution is 2.41. The lowest BCUT2D eigenvalue weighted by Crippen LogP contribution is -2.01. The van der Waals surface area contributed by atoms with Crippen molar-refractivity contribution in [1.82, 2.24) is 0 Å². The molecule has 0 saturated carbocycles. The predicted molar refractivity (Wildman–Crippen MR) is 64.9 cm³/mol. The lowest BCUT2D eigenvalue weighted by atomic mass is 10.0. The number of halogens is 1. The van der Waals surface area contributed by atoms with Crippen molar-refractivity contribution in [3.63, 3.8) is 0 Å². The van der Waals surface area contributed by atoms with Gasteiger partial charge in [-0.2, -0.15) is 0 Å². The van der Waals surface area contributed by atoms with Gasteiger partial charge in [-0.05, 0) is 29.3 Å². The Morgan fingerprint density at radius 2 is 2.22 bits per heavy atom. The van der Waals surface area contributed by atoms with Crippen LogP contribution < -0.4 is 9.47 Å². The van der Waals surface area contributed by atoms with Gasteiger partial charge in [-0.15, -0.1) is 0 Å². The molecule has 0 fully saturated rings. The first-order valence-electron chi connectivity index (χ1n) is 5.52. The average molecular weight is 267 g/mol. The third-order valence-corrected chi connectivity index (χ3v) is 3.12. The van der Waals surface area contributed by atoms with E-state index in [4.69, 9.17) is 25.5 Å². The molecular weight excluding hydrogens is 256 g/mol. The van der Waals surface area contributed by atoms with Gasteiger partial charge in [0.15, 0.2) is 11.5 Å². The van der Waals surface area contributed by atoms with Crippen LogP contribution in [0.2, 0.25) is 5.02 Å². The number of benzene rings is 1. The van der Waals surface area contributed by atoms with Crippen molar-refractivity contribution in [3.05, 3.63) is 46.9 Å². The summed E-state index contributed by atoms with van der Waals surface area (Å²) in [5.74, 6) is 1.11. The van der Waals surface area contributed by atoms with Crippen LogP contribution in [0, 0.1) is 0 Å². The van der Waals surface area contributed by atoms with Crippen molar-refractivity contribution >= 4 is 11.6 Å². The highest BCUT2D eigenvalue weighted by atomic mass is 35.5. The maximum atomic E-state index is 10.2. The van der Waals surface area contributed by atoms with E-state index in [9.17, 15) is 5.11 Å². The largest absolute Gasteiger partial charge is 0.472 e. The number of hydrogen-bond acceptors (Lipinski definition) is 4. The fraction of sp³-hybridized carbons (Fsp3) is 0.231. The van der Waals surface area contributed by atoms with Crippen molar-refractivity contribution in [1.29, 1.82) is 0 Å². The SMILES string of the molecule is OC(Cc1ccoc1)c1cc(Cl)c2c(c1)OCO2. The number of ether oxygens (including phenoxy) is 2. The van der Waals surface area contributed by atoms with E-state index in [1.807, 2.05) is 6.07 Å². The smallest absolute Gasteiger partial charge is 0.231 e. The monoisotopic (exact) mass is 266 g/mol. The summed E-state index contributed by atoms with van der Waals surface area (Å²) >= 11 is 6.07. The van der Waals surface area contributed by atoms with Crippen LogP contribution in [0.25, 0.3) is 0 Å². The third-order valence-electron chi connectivity index (χ3n) is 2.84. The lowest BCUT2D eigenvalue weighted by molar-refractivity contribution is 0.171. The molecule has 4 nitrogen and oxygen atoms in total. The first-order chi connectivity index (χ1) is 8.74. The molecule has 0 saturated heterocycles. The number of aliphatic hydroxyl groups excluding tert-OH is 1. The van der Waals surface area contributed by atoms with Crippen molar-refractivity contribution in [2.45, 2.75) is 12.5 Å². The van der Waals surface area contributed by atoms with E-state index >= 15 is 0 Å². The van der Waals surface area contributed by atoms with E-state index in [0.29, 0.717) is 28.5 Å². The Morgan fingerprint density at radius 3 is 3.00 bits per heavy atom. The van der Waals surface area contributed by atoms with Crippen LogP contribution in [-0.2, 0) is 6.42 Å². The number of fused-ring (bicyclic) bond motifs is 1. The summed E-state index contributed by atoms with van der Waals surface area (Å²) in [4.78, 5) is 0. The standard InChI is InChI=1S/C13H11ClO4/c14-10-4-9(5-12-13(10)18-7-17-12)11(15)3-8-1-2-16-6-8/h1-2,4-6,11,15H,3,7H2. The Morgan fingerprint density at radius 1 is 1.33 bits per heavy atom. The summed E-state index contributed by atoms with van der Waals surface area (Å²) in [6.45, 7) is 0.163. The molecule has 0 spiro atoms. The summed E-state index contributed by atoms with van der Waals surface area (Å²) in [5, 5.41) is 10.6. The van der Waals surface area contributed by atoms with Crippen LogP contribution in [0.4, 0.5) is 0 Å². The van der Waals surface area contributed by atoms with Crippen LogP contribution in [0.1, 0.15) is 17.2 Å². The van der Waals surface area contributed by atoms with Crippen LogP contribution in [0.3, 0.4) is 0 Å². The number of furan rings is 1. The lowest BCUT2D eigenvalue weighted by Gasteiger charge is -2.11. The van der Waals surface area contributed by atoms with Gasteiger partial charge >= 0.3 is 0 Å².